The average Bonchev–Trinajstić information content (AvgIpc) is 2.81. The number of hydrogen-bond donors (Lipinski definition) is 1. The highest BCUT2D eigenvalue weighted by molar-refractivity contribution is 7.92. The van der Waals surface area contributed by atoms with Crippen molar-refractivity contribution >= 4 is 27.5 Å². The van der Waals surface area contributed by atoms with Crippen LogP contribution in [-0.2, 0) is 31.6 Å². The first-order valence-electron chi connectivity index (χ1n) is 12.9. The predicted molar refractivity (Wildman–Crippen MR) is 151 cm³/mol. The van der Waals surface area contributed by atoms with E-state index in [9.17, 15) is 18.0 Å². The highest BCUT2D eigenvalue weighted by Gasteiger charge is 2.32. The third kappa shape index (κ3) is 8.59. The molecule has 0 saturated carbocycles. The van der Waals surface area contributed by atoms with Gasteiger partial charge in [-0.15, -0.1) is 0 Å². The van der Waals surface area contributed by atoms with E-state index in [0.29, 0.717) is 12.1 Å². The molecule has 2 aromatic rings. The van der Waals surface area contributed by atoms with Crippen LogP contribution in [0.4, 0.5) is 5.69 Å². The Kier molecular flexibility index (Phi) is 10.3. The highest BCUT2D eigenvalue weighted by Crippen LogP contribution is 2.26. The van der Waals surface area contributed by atoms with Gasteiger partial charge in [0, 0.05) is 12.6 Å². The monoisotopic (exact) mass is 529 g/mol. The van der Waals surface area contributed by atoms with Gasteiger partial charge in [0.05, 0.1) is 11.9 Å². The zero-order valence-corrected chi connectivity index (χ0v) is 24.4. The van der Waals surface area contributed by atoms with Gasteiger partial charge in [0.15, 0.2) is 0 Å². The normalized spacial score (nSPS) is 13.5. The quantitative estimate of drug-likeness (QED) is 0.454. The van der Waals surface area contributed by atoms with E-state index in [2.05, 4.69) is 26.1 Å². The van der Waals surface area contributed by atoms with Crippen molar-refractivity contribution < 1.29 is 18.0 Å². The summed E-state index contributed by atoms with van der Waals surface area (Å²) in [6, 6.07) is 14.2. The van der Waals surface area contributed by atoms with Gasteiger partial charge in [-0.1, -0.05) is 76.6 Å². The Morgan fingerprint density at radius 2 is 1.62 bits per heavy atom. The van der Waals surface area contributed by atoms with Crippen molar-refractivity contribution in [2.45, 2.75) is 85.4 Å². The second-order valence-corrected chi connectivity index (χ2v) is 12.7. The minimum atomic E-state index is -3.76. The summed E-state index contributed by atoms with van der Waals surface area (Å²) in [5.74, 6) is -0.670. The Bertz CT molecular complexity index is 1170. The molecular weight excluding hydrogens is 486 g/mol. The molecule has 0 aliphatic rings. The lowest BCUT2D eigenvalue weighted by Crippen LogP contribution is -2.53. The highest BCUT2D eigenvalue weighted by atomic mass is 32.2. The molecule has 0 fully saturated rings. The van der Waals surface area contributed by atoms with Crippen molar-refractivity contribution in [2.24, 2.45) is 0 Å². The number of sulfonamides is 1. The van der Waals surface area contributed by atoms with Crippen LogP contribution in [0.2, 0.25) is 0 Å². The number of carbonyl (C=O) groups is 2. The van der Waals surface area contributed by atoms with Crippen LogP contribution < -0.4 is 9.62 Å². The van der Waals surface area contributed by atoms with Crippen molar-refractivity contribution in [2.75, 3.05) is 17.1 Å². The molecule has 2 rings (SSSR count). The Morgan fingerprint density at radius 1 is 1.00 bits per heavy atom. The topological polar surface area (TPSA) is 86.8 Å². The minimum Gasteiger partial charge on any atom is -0.352 e. The van der Waals surface area contributed by atoms with Gasteiger partial charge in [0.25, 0.3) is 0 Å². The van der Waals surface area contributed by atoms with Crippen LogP contribution in [0.15, 0.2) is 48.5 Å². The van der Waals surface area contributed by atoms with Gasteiger partial charge in [-0.05, 0) is 55.4 Å². The molecule has 0 aliphatic carbocycles. The number of rotatable bonds is 11. The SMILES string of the molecule is CCC(C)NC(=O)C(CC)N(Cc1cccc(C)c1)C(=O)CN(c1ccc(C(C)(C)C)cc1)S(C)(=O)=O. The Balaban J connectivity index is 2.45. The maximum Gasteiger partial charge on any atom is 0.244 e. The van der Waals surface area contributed by atoms with Gasteiger partial charge in [-0.25, -0.2) is 8.42 Å². The lowest BCUT2D eigenvalue weighted by Gasteiger charge is -2.33. The average molecular weight is 530 g/mol. The maximum atomic E-state index is 13.8. The molecule has 0 spiro atoms. The largest absolute Gasteiger partial charge is 0.352 e. The standard InChI is InChI=1S/C29H43N3O4S/c1-9-22(4)30-28(34)26(10-2)31(19-23-13-11-12-21(3)18-23)27(33)20-32(37(8,35)36)25-16-14-24(15-17-25)29(5,6)7/h11-18,22,26H,9-10,19-20H2,1-8H3,(H,30,34). The Hall–Kier alpha value is -2.87. The van der Waals surface area contributed by atoms with E-state index in [1.54, 1.807) is 12.1 Å². The van der Waals surface area contributed by atoms with E-state index in [1.165, 1.54) is 4.90 Å². The van der Waals surface area contributed by atoms with E-state index in [-0.39, 0.29) is 23.9 Å². The molecule has 1 N–H and O–H groups in total. The number of carbonyl (C=O) groups excluding carboxylic acids is 2. The molecule has 0 saturated heterocycles. The van der Waals surface area contributed by atoms with Crippen molar-refractivity contribution in [1.82, 2.24) is 10.2 Å². The smallest absolute Gasteiger partial charge is 0.244 e. The molecule has 204 valence electrons. The predicted octanol–water partition coefficient (Wildman–Crippen LogP) is 4.78. The summed E-state index contributed by atoms with van der Waals surface area (Å²) in [7, 11) is -3.76. The van der Waals surface area contributed by atoms with Gasteiger partial charge in [0.1, 0.15) is 12.6 Å². The molecule has 8 heteroatoms. The first kappa shape index (κ1) is 30.4. The molecule has 0 bridgehead atoms. The van der Waals surface area contributed by atoms with Crippen LogP contribution in [0, 0.1) is 6.92 Å². The molecule has 37 heavy (non-hydrogen) atoms. The van der Waals surface area contributed by atoms with Crippen LogP contribution in [0.25, 0.3) is 0 Å². The summed E-state index contributed by atoms with van der Waals surface area (Å²) in [5, 5.41) is 2.98. The van der Waals surface area contributed by atoms with Crippen molar-refractivity contribution in [3.8, 4) is 0 Å². The second kappa shape index (κ2) is 12.6. The van der Waals surface area contributed by atoms with Crippen LogP contribution in [0.1, 0.15) is 71.1 Å². The molecule has 0 radical (unpaired) electrons. The number of hydrogen-bond acceptors (Lipinski definition) is 4. The molecular formula is C29H43N3O4S. The summed E-state index contributed by atoms with van der Waals surface area (Å²) < 4.78 is 26.7. The fraction of sp³-hybridized carbons (Fsp3) is 0.517. The van der Waals surface area contributed by atoms with Gasteiger partial charge >= 0.3 is 0 Å². The van der Waals surface area contributed by atoms with E-state index in [0.717, 1.165) is 33.7 Å². The summed E-state index contributed by atoms with van der Waals surface area (Å²) >= 11 is 0. The van der Waals surface area contributed by atoms with Crippen LogP contribution in [0.5, 0.6) is 0 Å². The molecule has 2 aromatic carbocycles. The molecule has 2 amide bonds. The van der Waals surface area contributed by atoms with Crippen LogP contribution in [-0.4, -0.2) is 50.0 Å². The van der Waals surface area contributed by atoms with Crippen LogP contribution in [0.3, 0.4) is 0 Å². The van der Waals surface area contributed by atoms with Crippen molar-refractivity contribution in [3.63, 3.8) is 0 Å². The summed E-state index contributed by atoms with van der Waals surface area (Å²) in [6.45, 7) is 13.8. The van der Waals surface area contributed by atoms with Crippen molar-refractivity contribution in [1.29, 1.82) is 0 Å². The van der Waals surface area contributed by atoms with E-state index >= 15 is 0 Å². The number of anilines is 1. The fourth-order valence-corrected chi connectivity index (χ4v) is 4.96. The second-order valence-electron chi connectivity index (χ2n) is 10.8. The van der Waals surface area contributed by atoms with Crippen molar-refractivity contribution in [3.05, 3.63) is 65.2 Å². The molecule has 2 atom stereocenters. The molecule has 2 unspecified atom stereocenters. The van der Waals surface area contributed by atoms with E-state index in [1.807, 2.05) is 64.1 Å². The molecule has 0 aromatic heterocycles. The Labute approximate surface area is 223 Å². The van der Waals surface area contributed by atoms with E-state index in [4.69, 9.17) is 0 Å². The first-order chi connectivity index (χ1) is 17.2. The first-order valence-corrected chi connectivity index (χ1v) is 14.8. The van der Waals surface area contributed by atoms with E-state index < -0.39 is 28.5 Å². The van der Waals surface area contributed by atoms with Gasteiger partial charge in [-0.2, -0.15) is 0 Å². The summed E-state index contributed by atoms with van der Waals surface area (Å²) in [5.41, 5.74) is 3.30. The number of aryl methyl sites for hydroxylation is 1. The lowest BCUT2D eigenvalue weighted by molar-refractivity contribution is -0.140. The zero-order valence-electron chi connectivity index (χ0n) is 23.5. The summed E-state index contributed by atoms with van der Waals surface area (Å²) in [6.07, 6.45) is 2.26. The Morgan fingerprint density at radius 3 is 2.11 bits per heavy atom. The maximum absolute atomic E-state index is 13.8. The van der Waals surface area contributed by atoms with Gasteiger partial charge in [-0.3, -0.25) is 13.9 Å². The molecule has 0 heterocycles. The molecule has 7 nitrogen and oxygen atoms in total. The lowest BCUT2D eigenvalue weighted by atomic mass is 9.87. The van der Waals surface area contributed by atoms with Gasteiger partial charge in [0.2, 0.25) is 21.8 Å². The number of benzene rings is 2. The third-order valence-electron chi connectivity index (χ3n) is 6.52. The number of nitrogens with zero attached hydrogens (tertiary/aromatic N) is 2. The van der Waals surface area contributed by atoms with Crippen LogP contribution >= 0.6 is 0 Å². The zero-order chi connectivity index (χ0) is 28.0. The number of nitrogens with one attached hydrogen (secondary N) is 1. The third-order valence-corrected chi connectivity index (χ3v) is 7.66. The minimum absolute atomic E-state index is 0.0358. The van der Waals surface area contributed by atoms with Gasteiger partial charge < -0.3 is 10.2 Å². The fourth-order valence-electron chi connectivity index (χ4n) is 4.11. The molecule has 0 aliphatic heterocycles. The number of amides is 2. The summed E-state index contributed by atoms with van der Waals surface area (Å²) in [4.78, 5) is 28.5.